The molecule has 0 spiro atoms. The molecule has 0 aliphatic carbocycles. The van der Waals surface area contributed by atoms with Gasteiger partial charge in [-0.15, -0.1) is 0 Å². The van der Waals surface area contributed by atoms with Gasteiger partial charge in [-0.1, -0.05) is 60.7 Å². The van der Waals surface area contributed by atoms with Gasteiger partial charge in [0.05, 0.1) is 12.2 Å². The molecule has 0 saturated carbocycles. The third-order valence-electron chi connectivity index (χ3n) is 4.49. The van der Waals surface area contributed by atoms with Crippen molar-refractivity contribution in [2.24, 2.45) is 0 Å². The first-order valence-electron chi connectivity index (χ1n) is 8.81. The van der Waals surface area contributed by atoms with E-state index in [4.69, 9.17) is 14.3 Å². The molecule has 0 aliphatic rings. The number of benzene rings is 3. The molecule has 0 radical (unpaired) electrons. The van der Waals surface area contributed by atoms with Gasteiger partial charge < -0.3 is 14.3 Å². The molecule has 0 bridgehead atoms. The van der Waals surface area contributed by atoms with Crippen molar-refractivity contribution >= 4 is 24.7 Å². The third kappa shape index (κ3) is 4.64. The van der Waals surface area contributed by atoms with E-state index in [0.29, 0.717) is 19.0 Å². The van der Waals surface area contributed by atoms with Gasteiger partial charge in [-0.2, -0.15) is 0 Å². The molecule has 0 amide bonds. The van der Waals surface area contributed by atoms with Gasteiger partial charge in [-0.25, -0.2) is 4.79 Å². The molecule has 0 heterocycles. The lowest BCUT2D eigenvalue weighted by Crippen LogP contribution is -2.58. The van der Waals surface area contributed by atoms with Crippen molar-refractivity contribution in [3.8, 4) is 5.75 Å². The SMILES string of the molecule is C[Si](OCCOc1ccc(C(=O)O)cc1)(c1ccccc1)c1ccccc1. The molecule has 5 heteroatoms. The Balaban J connectivity index is 1.66. The van der Waals surface area contributed by atoms with Crippen LogP contribution in [0.2, 0.25) is 6.55 Å². The summed E-state index contributed by atoms with van der Waals surface area (Å²) in [5.74, 6) is -0.316. The van der Waals surface area contributed by atoms with E-state index >= 15 is 0 Å². The van der Waals surface area contributed by atoms with Crippen molar-refractivity contribution in [3.63, 3.8) is 0 Å². The smallest absolute Gasteiger partial charge is 0.335 e. The molecular formula is C22H22O4Si. The monoisotopic (exact) mass is 378 g/mol. The van der Waals surface area contributed by atoms with E-state index in [1.165, 1.54) is 22.5 Å². The Morgan fingerprint density at radius 2 is 1.33 bits per heavy atom. The van der Waals surface area contributed by atoms with Crippen LogP contribution < -0.4 is 15.1 Å². The highest BCUT2D eigenvalue weighted by atomic mass is 28.4. The normalized spacial score (nSPS) is 11.1. The summed E-state index contributed by atoms with van der Waals surface area (Å²) in [5.41, 5.74) is 0.242. The van der Waals surface area contributed by atoms with Crippen LogP contribution in [-0.2, 0) is 4.43 Å². The van der Waals surface area contributed by atoms with E-state index in [2.05, 4.69) is 30.8 Å². The van der Waals surface area contributed by atoms with Gasteiger partial charge >= 0.3 is 5.97 Å². The summed E-state index contributed by atoms with van der Waals surface area (Å²) < 4.78 is 12.1. The number of hydrogen-bond acceptors (Lipinski definition) is 3. The molecule has 3 aromatic rings. The average Bonchev–Trinajstić information content (AvgIpc) is 2.72. The van der Waals surface area contributed by atoms with E-state index in [1.54, 1.807) is 12.1 Å². The molecule has 3 rings (SSSR count). The van der Waals surface area contributed by atoms with Crippen LogP contribution in [0.1, 0.15) is 10.4 Å². The van der Waals surface area contributed by atoms with E-state index in [1.807, 2.05) is 36.4 Å². The molecule has 0 unspecified atom stereocenters. The second kappa shape index (κ2) is 8.66. The fourth-order valence-corrected chi connectivity index (χ4v) is 5.76. The Bertz CT molecular complexity index is 824. The fourth-order valence-electron chi connectivity index (χ4n) is 2.94. The minimum absolute atomic E-state index is 0.242. The molecule has 3 aromatic carbocycles. The summed E-state index contributed by atoms with van der Waals surface area (Å²) in [7, 11) is -2.32. The Kier molecular flexibility index (Phi) is 6.06. The van der Waals surface area contributed by atoms with E-state index in [-0.39, 0.29) is 5.56 Å². The summed E-state index contributed by atoms with van der Waals surface area (Å²) in [6, 6.07) is 27.0. The molecular weight excluding hydrogens is 356 g/mol. The van der Waals surface area contributed by atoms with Gasteiger partial charge in [0.1, 0.15) is 12.4 Å². The third-order valence-corrected chi connectivity index (χ3v) is 8.14. The van der Waals surface area contributed by atoms with Crippen LogP contribution >= 0.6 is 0 Å². The lowest BCUT2D eigenvalue weighted by Gasteiger charge is -2.28. The van der Waals surface area contributed by atoms with Crippen LogP contribution in [0.15, 0.2) is 84.9 Å². The van der Waals surface area contributed by atoms with Gasteiger partial charge in [0.2, 0.25) is 0 Å². The molecule has 27 heavy (non-hydrogen) atoms. The van der Waals surface area contributed by atoms with E-state index in [9.17, 15) is 4.79 Å². The quantitative estimate of drug-likeness (QED) is 0.483. The molecule has 138 valence electrons. The molecule has 1 N–H and O–H groups in total. The minimum Gasteiger partial charge on any atom is -0.491 e. The van der Waals surface area contributed by atoms with E-state index in [0.717, 1.165) is 0 Å². The van der Waals surface area contributed by atoms with E-state index < -0.39 is 14.3 Å². The number of rotatable bonds is 8. The highest BCUT2D eigenvalue weighted by Crippen LogP contribution is 2.13. The molecule has 0 aromatic heterocycles. The zero-order valence-corrected chi connectivity index (χ0v) is 16.2. The fraction of sp³-hybridized carbons (Fsp3) is 0.136. The lowest BCUT2D eigenvalue weighted by molar-refractivity contribution is 0.0697. The largest absolute Gasteiger partial charge is 0.491 e. The summed E-state index contributed by atoms with van der Waals surface area (Å²) in [5, 5.41) is 11.4. The second-order valence-corrected chi connectivity index (χ2v) is 9.80. The van der Waals surface area contributed by atoms with Crippen LogP contribution in [-0.4, -0.2) is 32.6 Å². The highest BCUT2D eigenvalue weighted by Gasteiger charge is 2.33. The van der Waals surface area contributed by atoms with Crippen molar-refractivity contribution in [3.05, 3.63) is 90.5 Å². The van der Waals surface area contributed by atoms with Gasteiger partial charge in [0.15, 0.2) is 0 Å². The van der Waals surface area contributed by atoms with Crippen molar-refractivity contribution in [1.29, 1.82) is 0 Å². The molecule has 4 nitrogen and oxygen atoms in total. The molecule has 0 fully saturated rings. The number of carbonyl (C=O) groups is 1. The first kappa shape index (κ1) is 18.9. The maximum absolute atomic E-state index is 10.9. The van der Waals surface area contributed by atoms with Crippen LogP contribution in [0.5, 0.6) is 5.75 Å². The summed E-state index contributed by atoms with van der Waals surface area (Å²) >= 11 is 0. The Morgan fingerprint density at radius 1 is 0.815 bits per heavy atom. The van der Waals surface area contributed by atoms with Gasteiger partial charge in [0, 0.05) is 0 Å². The van der Waals surface area contributed by atoms with Gasteiger partial charge in [0.25, 0.3) is 8.32 Å². The van der Waals surface area contributed by atoms with Crippen molar-refractivity contribution in [1.82, 2.24) is 0 Å². The van der Waals surface area contributed by atoms with Crippen LogP contribution in [0.25, 0.3) is 0 Å². The van der Waals surface area contributed by atoms with Gasteiger partial charge in [-0.3, -0.25) is 0 Å². The predicted octanol–water partition coefficient (Wildman–Crippen LogP) is 3.17. The minimum atomic E-state index is -2.32. The van der Waals surface area contributed by atoms with Crippen LogP contribution in [0.4, 0.5) is 0 Å². The number of carboxylic acids is 1. The zero-order valence-electron chi connectivity index (χ0n) is 15.2. The lowest BCUT2D eigenvalue weighted by atomic mass is 10.2. The van der Waals surface area contributed by atoms with Crippen molar-refractivity contribution < 1.29 is 19.1 Å². The maximum atomic E-state index is 10.9. The topological polar surface area (TPSA) is 55.8 Å². The standard InChI is InChI=1S/C22H22O4Si/c1-27(20-8-4-2-5-9-20,21-10-6-3-7-11-21)26-17-16-25-19-14-12-18(13-15-19)22(23)24/h2-15H,16-17H2,1H3,(H,23,24). The Hall–Kier alpha value is -2.89. The Morgan fingerprint density at radius 3 is 1.81 bits per heavy atom. The first-order valence-corrected chi connectivity index (χ1v) is 11.2. The first-order chi connectivity index (χ1) is 13.1. The number of aromatic carboxylic acids is 1. The highest BCUT2D eigenvalue weighted by molar-refractivity contribution is 6.96. The van der Waals surface area contributed by atoms with Crippen LogP contribution in [0.3, 0.4) is 0 Å². The maximum Gasteiger partial charge on any atom is 0.335 e. The average molecular weight is 379 g/mol. The number of hydrogen-bond donors (Lipinski definition) is 1. The molecule has 0 saturated heterocycles. The van der Waals surface area contributed by atoms with Crippen molar-refractivity contribution in [2.45, 2.75) is 6.55 Å². The summed E-state index contributed by atoms with van der Waals surface area (Å²) in [6.07, 6.45) is 0. The number of ether oxygens (including phenoxy) is 1. The number of carboxylic acid groups (broad SMARTS) is 1. The molecule has 0 aliphatic heterocycles. The van der Waals surface area contributed by atoms with Crippen LogP contribution in [0, 0.1) is 0 Å². The summed E-state index contributed by atoms with van der Waals surface area (Å²) in [6.45, 7) is 3.04. The molecule has 0 atom stereocenters. The van der Waals surface area contributed by atoms with Crippen molar-refractivity contribution in [2.75, 3.05) is 13.2 Å². The zero-order chi connectivity index (χ0) is 19.1. The summed E-state index contributed by atoms with van der Waals surface area (Å²) in [4.78, 5) is 10.9. The van der Waals surface area contributed by atoms with Gasteiger partial charge in [-0.05, 0) is 41.2 Å². The Labute approximate surface area is 160 Å². The second-order valence-electron chi connectivity index (χ2n) is 6.29. The predicted molar refractivity (Wildman–Crippen MR) is 109 cm³/mol.